The number of hydrogen-bond donors (Lipinski definition) is 3. The monoisotopic (exact) mass is 906 g/mol. The van der Waals surface area contributed by atoms with Crippen molar-refractivity contribution in [2.75, 3.05) is 6.61 Å². The molecule has 0 bridgehead atoms. The molecular formula is C59H103NO5. The smallest absolute Gasteiger partial charge is 0.306 e. The highest BCUT2D eigenvalue weighted by molar-refractivity contribution is 5.77. The highest BCUT2D eigenvalue weighted by Gasteiger charge is 2.24. The molecule has 65 heavy (non-hydrogen) atoms. The minimum atomic E-state index is -0.802. The predicted molar refractivity (Wildman–Crippen MR) is 282 cm³/mol. The van der Waals surface area contributed by atoms with Crippen molar-refractivity contribution in [1.29, 1.82) is 0 Å². The maximum Gasteiger partial charge on any atom is 0.306 e. The number of nitrogens with one attached hydrogen (secondary N) is 1. The Balaban J connectivity index is 4.70. The zero-order chi connectivity index (χ0) is 47.4. The molecule has 374 valence electrons. The Hall–Kier alpha value is -2.96. The second kappa shape index (κ2) is 52.0. The minimum absolute atomic E-state index is 0.0491. The summed E-state index contributed by atoms with van der Waals surface area (Å²) in [5.41, 5.74) is 0. The number of carbonyl (C=O) groups excluding carboxylic acids is 2. The second-order valence-corrected chi connectivity index (χ2v) is 18.4. The Morgan fingerprint density at radius 3 is 1.35 bits per heavy atom. The number of ether oxygens (including phenoxy) is 1. The van der Waals surface area contributed by atoms with Gasteiger partial charge in [0.25, 0.3) is 0 Å². The van der Waals surface area contributed by atoms with Crippen molar-refractivity contribution in [2.24, 2.45) is 0 Å². The largest absolute Gasteiger partial charge is 0.462 e. The van der Waals surface area contributed by atoms with Gasteiger partial charge in [0.2, 0.25) is 5.91 Å². The van der Waals surface area contributed by atoms with Crippen molar-refractivity contribution in [2.45, 2.75) is 270 Å². The number of unbranched alkanes of at least 4 members (excludes halogenated alkanes) is 25. The van der Waals surface area contributed by atoms with Gasteiger partial charge in [0.05, 0.1) is 25.2 Å². The third kappa shape index (κ3) is 47.3. The molecular weight excluding hydrogens is 803 g/mol. The van der Waals surface area contributed by atoms with Crippen molar-refractivity contribution in [3.05, 3.63) is 85.1 Å². The van der Waals surface area contributed by atoms with E-state index in [9.17, 15) is 19.8 Å². The van der Waals surface area contributed by atoms with Gasteiger partial charge in [-0.05, 0) is 89.9 Å². The number of aliphatic hydroxyl groups excluding tert-OH is 2. The topological polar surface area (TPSA) is 95.9 Å². The lowest BCUT2D eigenvalue weighted by atomic mass is 10.0. The highest BCUT2D eigenvalue weighted by atomic mass is 16.5. The summed E-state index contributed by atoms with van der Waals surface area (Å²) < 4.78 is 5.93. The molecule has 0 aromatic heterocycles. The molecule has 3 atom stereocenters. The predicted octanol–water partition coefficient (Wildman–Crippen LogP) is 16.7. The van der Waals surface area contributed by atoms with Gasteiger partial charge in [-0.15, -0.1) is 0 Å². The summed E-state index contributed by atoms with van der Waals surface area (Å²) in [6, 6.07) is -0.718. The molecule has 0 aliphatic heterocycles. The Morgan fingerprint density at radius 2 is 0.846 bits per heavy atom. The molecule has 0 spiro atoms. The Bertz CT molecular complexity index is 1250. The van der Waals surface area contributed by atoms with E-state index in [1.54, 1.807) is 0 Å². The Kier molecular flexibility index (Phi) is 49.6. The fraction of sp³-hybridized carbons (Fsp3) is 0.729. The van der Waals surface area contributed by atoms with Crippen molar-refractivity contribution < 1.29 is 24.5 Å². The molecule has 6 nitrogen and oxygen atoms in total. The zero-order valence-corrected chi connectivity index (χ0v) is 42.6. The van der Waals surface area contributed by atoms with Crippen molar-refractivity contribution in [1.82, 2.24) is 5.32 Å². The zero-order valence-electron chi connectivity index (χ0n) is 42.6. The molecule has 0 fully saturated rings. The molecule has 3 N–H and O–H groups in total. The molecule has 3 unspecified atom stereocenters. The Morgan fingerprint density at radius 1 is 0.462 bits per heavy atom. The molecule has 6 heteroatoms. The first-order valence-corrected chi connectivity index (χ1v) is 27.4. The summed E-state index contributed by atoms with van der Waals surface area (Å²) in [5, 5.41) is 23.8. The van der Waals surface area contributed by atoms with Crippen LogP contribution in [0, 0.1) is 0 Å². The number of rotatable bonds is 48. The maximum absolute atomic E-state index is 13.2. The summed E-state index contributed by atoms with van der Waals surface area (Å²) in [7, 11) is 0. The van der Waals surface area contributed by atoms with Crippen LogP contribution in [0.3, 0.4) is 0 Å². The lowest BCUT2D eigenvalue weighted by Crippen LogP contribution is -2.46. The molecule has 0 saturated carbocycles. The van der Waals surface area contributed by atoms with Crippen LogP contribution in [0.2, 0.25) is 0 Å². The fourth-order valence-corrected chi connectivity index (χ4v) is 7.86. The van der Waals surface area contributed by atoms with E-state index >= 15 is 0 Å². The van der Waals surface area contributed by atoms with Crippen LogP contribution >= 0.6 is 0 Å². The van der Waals surface area contributed by atoms with Crippen LogP contribution < -0.4 is 5.32 Å². The molecule has 0 rings (SSSR count). The molecule has 0 aliphatic rings. The quantitative estimate of drug-likeness (QED) is 0.0245. The molecule has 0 aromatic carbocycles. The summed E-state index contributed by atoms with van der Waals surface area (Å²) in [5.74, 6) is -0.524. The molecule has 0 aromatic rings. The van der Waals surface area contributed by atoms with Gasteiger partial charge in [0.1, 0.15) is 6.10 Å². The number of hydrogen-bond acceptors (Lipinski definition) is 5. The average molecular weight is 906 g/mol. The SMILES string of the molecule is CCCCC/C=C\C/C=C\C/C=C\CCCCCCC(CC(=O)NC(CO)C(O)CCCCCCCCCCCCC)OC(=O)CCCCCCC/C=C/C=C/C=C/C=C/CCCCC. The summed E-state index contributed by atoms with van der Waals surface area (Å²) in [6.45, 7) is 6.40. The standard InChI is InChI=1S/C59H103NO5/c1-4-7-10-13-16-19-22-24-26-28-30-32-34-37-40-43-46-49-52-59(64)65-55(50-47-44-41-38-36-33-31-29-27-25-23-20-17-14-11-8-5-2)53-58(63)60-56(54-61)57(62)51-48-45-42-39-35-21-18-15-12-9-6-3/h16-17,19-20,22,24-28,30-33,55-57,61-62H,4-15,18,21,23,29,34-54H2,1-3H3,(H,60,63)/b19-16+,20-17-,24-22+,27-25-,28-26+,32-30+,33-31-. The lowest BCUT2D eigenvalue weighted by molar-refractivity contribution is -0.151. The third-order valence-electron chi connectivity index (χ3n) is 12.0. The van der Waals surface area contributed by atoms with Gasteiger partial charge >= 0.3 is 5.97 Å². The first-order valence-electron chi connectivity index (χ1n) is 27.4. The average Bonchev–Trinajstić information content (AvgIpc) is 3.30. The molecule has 0 aliphatic carbocycles. The van der Waals surface area contributed by atoms with E-state index in [1.165, 1.54) is 96.3 Å². The van der Waals surface area contributed by atoms with Gasteiger partial charge in [-0.1, -0.05) is 234 Å². The molecule has 0 heterocycles. The van der Waals surface area contributed by atoms with Gasteiger partial charge in [0, 0.05) is 6.42 Å². The first-order chi connectivity index (χ1) is 32.0. The number of allylic oxidation sites excluding steroid dienone is 14. The van der Waals surface area contributed by atoms with Crippen LogP contribution in [-0.2, 0) is 14.3 Å². The van der Waals surface area contributed by atoms with Crippen LogP contribution in [-0.4, -0.2) is 46.9 Å². The number of aliphatic hydroxyl groups is 2. The Labute approximate surface area is 402 Å². The number of carbonyl (C=O) groups is 2. The van der Waals surface area contributed by atoms with E-state index in [1.807, 2.05) is 0 Å². The van der Waals surface area contributed by atoms with E-state index in [-0.39, 0.29) is 24.9 Å². The van der Waals surface area contributed by atoms with E-state index in [0.717, 1.165) is 109 Å². The van der Waals surface area contributed by atoms with E-state index in [2.05, 4.69) is 111 Å². The molecule has 0 radical (unpaired) electrons. The van der Waals surface area contributed by atoms with E-state index < -0.39 is 18.2 Å². The summed E-state index contributed by atoms with van der Waals surface area (Å²) in [6.07, 6.45) is 67.7. The highest BCUT2D eigenvalue weighted by Crippen LogP contribution is 2.17. The van der Waals surface area contributed by atoms with Crippen molar-refractivity contribution in [3.63, 3.8) is 0 Å². The number of amides is 1. The fourth-order valence-electron chi connectivity index (χ4n) is 7.86. The molecule has 1 amide bonds. The first kappa shape index (κ1) is 62.0. The van der Waals surface area contributed by atoms with Crippen LogP contribution in [0.1, 0.15) is 252 Å². The van der Waals surface area contributed by atoms with Crippen LogP contribution in [0.25, 0.3) is 0 Å². The van der Waals surface area contributed by atoms with Gasteiger partial charge in [-0.3, -0.25) is 9.59 Å². The van der Waals surface area contributed by atoms with Gasteiger partial charge in [-0.25, -0.2) is 0 Å². The second-order valence-electron chi connectivity index (χ2n) is 18.4. The number of esters is 1. The molecule has 0 saturated heterocycles. The van der Waals surface area contributed by atoms with Gasteiger partial charge < -0.3 is 20.3 Å². The minimum Gasteiger partial charge on any atom is -0.462 e. The van der Waals surface area contributed by atoms with Crippen LogP contribution in [0.5, 0.6) is 0 Å². The van der Waals surface area contributed by atoms with Crippen LogP contribution in [0.15, 0.2) is 85.1 Å². The van der Waals surface area contributed by atoms with Gasteiger partial charge in [-0.2, -0.15) is 0 Å². The maximum atomic E-state index is 13.2. The summed E-state index contributed by atoms with van der Waals surface area (Å²) >= 11 is 0. The lowest BCUT2D eigenvalue weighted by Gasteiger charge is -2.24. The van der Waals surface area contributed by atoms with Crippen LogP contribution in [0.4, 0.5) is 0 Å². The summed E-state index contributed by atoms with van der Waals surface area (Å²) in [4.78, 5) is 26.2. The third-order valence-corrected chi connectivity index (χ3v) is 12.0. The van der Waals surface area contributed by atoms with Crippen molar-refractivity contribution >= 4 is 11.9 Å². The van der Waals surface area contributed by atoms with Gasteiger partial charge in [0.15, 0.2) is 0 Å². The normalized spacial score (nSPS) is 13.9. The van der Waals surface area contributed by atoms with Crippen molar-refractivity contribution in [3.8, 4) is 0 Å². The van der Waals surface area contributed by atoms with E-state index in [0.29, 0.717) is 19.3 Å². The van der Waals surface area contributed by atoms with E-state index in [4.69, 9.17) is 4.74 Å².